The Morgan fingerprint density at radius 2 is 1.96 bits per heavy atom. The quantitative estimate of drug-likeness (QED) is 0.727. The summed E-state index contributed by atoms with van der Waals surface area (Å²) in [5.74, 6) is 0.0873. The van der Waals surface area contributed by atoms with Crippen molar-refractivity contribution in [2.75, 3.05) is 19.3 Å². The molecule has 2 aromatic rings. The Kier molecular flexibility index (Phi) is 5.91. The molecule has 0 saturated heterocycles. The number of hydrogen-bond donors (Lipinski definition) is 0. The van der Waals surface area contributed by atoms with Gasteiger partial charge in [-0.2, -0.15) is 18.2 Å². The third-order valence-electron chi connectivity index (χ3n) is 3.94. The van der Waals surface area contributed by atoms with Gasteiger partial charge in [-0.1, -0.05) is 11.8 Å². The summed E-state index contributed by atoms with van der Waals surface area (Å²) >= 11 is 1.38. The number of carbonyl (C=O) groups excluding carboxylic acids is 1. The van der Waals surface area contributed by atoms with E-state index in [2.05, 4.69) is 15.1 Å². The number of rotatable bonds is 6. The SMILES string of the molecule is CCN(CCC(F)(F)F)C(=O)Cc1c(C)nc2nc(SC)nn2c1C. The van der Waals surface area contributed by atoms with Gasteiger partial charge in [-0.05, 0) is 27.0 Å². The molecule has 2 heterocycles. The molecule has 0 aliphatic heterocycles. The van der Waals surface area contributed by atoms with Crippen LogP contribution in [0.3, 0.4) is 0 Å². The molecule has 6 nitrogen and oxygen atoms in total. The Morgan fingerprint density at radius 3 is 2.52 bits per heavy atom. The third-order valence-corrected chi connectivity index (χ3v) is 4.48. The summed E-state index contributed by atoms with van der Waals surface area (Å²) in [6.45, 7) is 5.11. The van der Waals surface area contributed by atoms with E-state index in [1.165, 1.54) is 16.7 Å². The van der Waals surface area contributed by atoms with Crippen molar-refractivity contribution in [3.63, 3.8) is 0 Å². The first-order valence-electron chi connectivity index (χ1n) is 7.77. The number of thioether (sulfide) groups is 1. The summed E-state index contributed by atoms with van der Waals surface area (Å²) in [4.78, 5) is 22.3. The van der Waals surface area contributed by atoms with Crippen molar-refractivity contribution in [3.8, 4) is 0 Å². The Hall–Kier alpha value is -1.84. The van der Waals surface area contributed by atoms with E-state index in [4.69, 9.17) is 0 Å². The van der Waals surface area contributed by atoms with Crippen LogP contribution in [0, 0.1) is 13.8 Å². The molecule has 1 amide bonds. The van der Waals surface area contributed by atoms with E-state index >= 15 is 0 Å². The van der Waals surface area contributed by atoms with Crippen LogP contribution in [0.2, 0.25) is 0 Å². The molecule has 0 N–H and O–H groups in total. The molecule has 0 radical (unpaired) electrons. The van der Waals surface area contributed by atoms with Gasteiger partial charge in [-0.15, -0.1) is 5.10 Å². The molecule has 25 heavy (non-hydrogen) atoms. The van der Waals surface area contributed by atoms with Crippen LogP contribution in [0.5, 0.6) is 0 Å². The first-order valence-corrected chi connectivity index (χ1v) is 9.00. The minimum atomic E-state index is -4.28. The molecule has 0 saturated carbocycles. The number of alkyl halides is 3. The Labute approximate surface area is 147 Å². The largest absolute Gasteiger partial charge is 0.390 e. The number of fused-ring (bicyclic) bond motifs is 1. The van der Waals surface area contributed by atoms with Gasteiger partial charge in [-0.25, -0.2) is 9.50 Å². The Bertz CT molecular complexity index is 775. The van der Waals surface area contributed by atoms with Gasteiger partial charge in [0.2, 0.25) is 11.1 Å². The fraction of sp³-hybridized carbons (Fsp3) is 0.600. The first-order chi connectivity index (χ1) is 11.7. The highest BCUT2D eigenvalue weighted by Gasteiger charge is 2.29. The lowest BCUT2D eigenvalue weighted by Crippen LogP contribution is -2.35. The van der Waals surface area contributed by atoms with Gasteiger partial charge in [0.1, 0.15) is 0 Å². The monoisotopic (exact) mass is 375 g/mol. The normalized spacial score (nSPS) is 12.0. The van der Waals surface area contributed by atoms with Crippen molar-refractivity contribution in [2.24, 2.45) is 0 Å². The summed E-state index contributed by atoms with van der Waals surface area (Å²) in [5.41, 5.74) is 2.02. The van der Waals surface area contributed by atoms with Gasteiger partial charge < -0.3 is 4.90 Å². The predicted octanol–water partition coefficient (Wildman–Crippen LogP) is 2.81. The number of hydrogen-bond acceptors (Lipinski definition) is 5. The summed E-state index contributed by atoms with van der Waals surface area (Å²) in [7, 11) is 0. The minimum absolute atomic E-state index is 0.0131. The maximum absolute atomic E-state index is 12.4. The van der Waals surface area contributed by atoms with E-state index in [9.17, 15) is 18.0 Å². The average Bonchev–Trinajstić information content (AvgIpc) is 2.94. The number of amides is 1. The summed E-state index contributed by atoms with van der Waals surface area (Å²) in [6.07, 6.45) is -3.46. The third kappa shape index (κ3) is 4.62. The number of aryl methyl sites for hydroxylation is 2. The number of aromatic nitrogens is 4. The number of likely N-dealkylation sites (N-methyl/N-ethyl adjacent to an activating group) is 1. The second-order valence-corrected chi connectivity index (χ2v) is 6.36. The first kappa shape index (κ1) is 19.5. The molecule has 0 spiro atoms. The molecular formula is C15H20F3N5OS. The van der Waals surface area contributed by atoms with Gasteiger partial charge in [0.05, 0.1) is 12.8 Å². The second-order valence-electron chi connectivity index (χ2n) is 5.59. The van der Waals surface area contributed by atoms with Gasteiger partial charge >= 0.3 is 6.18 Å². The van der Waals surface area contributed by atoms with Crippen molar-refractivity contribution >= 4 is 23.4 Å². The van der Waals surface area contributed by atoms with Gasteiger partial charge in [0.25, 0.3) is 5.78 Å². The number of halogens is 3. The summed E-state index contributed by atoms with van der Waals surface area (Å²) < 4.78 is 38.8. The van der Waals surface area contributed by atoms with Crippen LogP contribution in [-0.4, -0.2) is 55.9 Å². The topological polar surface area (TPSA) is 63.4 Å². The van der Waals surface area contributed by atoms with Crippen LogP contribution in [0.4, 0.5) is 13.2 Å². The van der Waals surface area contributed by atoms with Gasteiger partial charge in [-0.3, -0.25) is 4.79 Å². The zero-order valence-electron chi connectivity index (χ0n) is 14.5. The average molecular weight is 375 g/mol. The molecule has 0 atom stereocenters. The Balaban J connectivity index is 2.24. The lowest BCUT2D eigenvalue weighted by atomic mass is 10.1. The molecular weight excluding hydrogens is 355 g/mol. The molecule has 0 fully saturated rings. The van der Waals surface area contributed by atoms with Crippen molar-refractivity contribution in [3.05, 3.63) is 17.0 Å². The molecule has 0 unspecified atom stereocenters. The van der Waals surface area contributed by atoms with Crippen LogP contribution >= 0.6 is 11.8 Å². The van der Waals surface area contributed by atoms with E-state index in [-0.39, 0.29) is 25.4 Å². The van der Waals surface area contributed by atoms with E-state index < -0.39 is 12.6 Å². The van der Waals surface area contributed by atoms with Gasteiger partial charge in [0, 0.05) is 30.0 Å². The van der Waals surface area contributed by atoms with Crippen LogP contribution in [0.1, 0.15) is 30.3 Å². The fourth-order valence-electron chi connectivity index (χ4n) is 2.52. The highest BCUT2D eigenvalue weighted by atomic mass is 32.2. The zero-order chi connectivity index (χ0) is 18.8. The molecule has 0 bridgehead atoms. The molecule has 2 rings (SSSR count). The maximum Gasteiger partial charge on any atom is 0.390 e. The molecule has 2 aromatic heterocycles. The molecule has 0 aliphatic carbocycles. The lowest BCUT2D eigenvalue weighted by Gasteiger charge is -2.22. The smallest absolute Gasteiger partial charge is 0.342 e. The van der Waals surface area contributed by atoms with Crippen LogP contribution < -0.4 is 0 Å². The molecule has 0 aromatic carbocycles. The highest BCUT2D eigenvalue weighted by Crippen LogP contribution is 2.21. The number of carbonyl (C=O) groups is 1. The Morgan fingerprint density at radius 1 is 1.28 bits per heavy atom. The molecule has 0 aliphatic rings. The van der Waals surface area contributed by atoms with Crippen LogP contribution in [0.25, 0.3) is 5.78 Å². The summed E-state index contributed by atoms with van der Waals surface area (Å²) in [6, 6.07) is 0. The van der Waals surface area contributed by atoms with Gasteiger partial charge in [0.15, 0.2) is 0 Å². The van der Waals surface area contributed by atoms with Crippen molar-refractivity contribution < 1.29 is 18.0 Å². The van der Waals surface area contributed by atoms with Crippen molar-refractivity contribution in [1.82, 2.24) is 24.5 Å². The minimum Gasteiger partial charge on any atom is -0.342 e. The number of nitrogens with zero attached hydrogens (tertiary/aromatic N) is 5. The fourth-order valence-corrected chi connectivity index (χ4v) is 2.85. The second kappa shape index (κ2) is 7.59. The summed E-state index contributed by atoms with van der Waals surface area (Å²) in [5, 5.41) is 4.87. The van der Waals surface area contributed by atoms with Crippen molar-refractivity contribution in [2.45, 2.75) is 44.9 Å². The van der Waals surface area contributed by atoms with E-state index in [0.29, 0.717) is 22.2 Å². The van der Waals surface area contributed by atoms with E-state index in [1.807, 2.05) is 6.26 Å². The van der Waals surface area contributed by atoms with Crippen LogP contribution in [0.15, 0.2) is 5.16 Å². The standard InChI is InChI=1S/C15H20F3N5OS/c1-5-22(7-6-15(16,17)18)12(24)8-11-9(2)19-13-20-14(25-4)21-23(13)10(11)3/h5-8H2,1-4H3. The maximum atomic E-state index is 12.4. The van der Waals surface area contributed by atoms with E-state index in [0.717, 1.165) is 5.69 Å². The lowest BCUT2D eigenvalue weighted by molar-refractivity contribution is -0.144. The zero-order valence-corrected chi connectivity index (χ0v) is 15.3. The van der Waals surface area contributed by atoms with E-state index in [1.54, 1.807) is 25.3 Å². The predicted molar refractivity (Wildman–Crippen MR) is 88.7 cm³/mol. The van der Waals surface area contributed by atoms with Crippen molar-refractivity contribution in [1.29, 1.82) is 0 Å². The van der Waals surface area contributed by atoms with Crippen LogP contribution in [-0.2, 0) is 11.2 Å². The molecule has 138 valence electrons. The highest BCUT2D eigenvalue weighted by molar-refractivity contribution is 7.98. The molecule has 10 heteroatoms.